The van der Waals surface area contributed by atoms with Crippen LogP contribution in [-0.2, 0) is 13.0 Å². The molecule has 3 aromatic rings. The first-order valence-corrected chi connectivity index (χ1v) is 8.69. The van der Waals surface area contributed by atoms with Crippen molar-refractivity contribution in [1.82, 2.24) is 9.71 Å². The van der Waals surface area contributed by atoms with Crippen LogP contribution in [0.4, 0.5) is 5.13 Å². The topological polar surface area (TPSA) is 73.2 Å². The van der Waals surface area contributed by atoms with Crippen molar-refractivity contribution in [3.8, 4) is 0 Å². The minimum absolute atomic E-state index is 0.000897. The first-order chi connectivity index (χ1) is 12.2. The molecule has 7 heteroatoms. The van der Waals surface area contributed by atoms with Crippen molar-refractivity contribution in [3.05, 3.63) is 81.2 Å². The van der Waals surface area contributed by atoms with Gasteiger partial charge in [-0.3, -0.25) is 14.9 Å². The van der Waals surface area contributed by atoms with Crippen LogP contribution in [0, 0.1) is 0 Å². The van der Waals surface area contributed by atoms with Crippen molar-refractivity contribution in [2.45, 2.75) is 20.0 Å². The van der Waals surface area contributed by atoms with Crippen molar-refractivity contribution < 1.29 is 9.63 Å². The molecule has 0 aliphatic heterocycles. The maximum atomic E-state index is 12.4. The van der Waals surface area contributed by atoms with Gasteiger partial charge >= 0.3 is 0 Å². The lowest BCUT2D eigenvalue weighted by Crippen LogP contribution is -2.32. The van der Waals surface area contributed by atoms with Gasteiger partial charge in [-0.2, -0.15) is 4.73 Å². The highest BCUT2D eigenvalue weighted by Crippen LogP contribution is 2.11. The number of anilines is 1. The highest BCUT2D eigenvalue weighted by Gasteiger charge is 2.14. The zero-order chi connectivity index (χ0) is 17.6. The minimum atomic E-state index is -0.512. The van der Waals surface area contributed by atoms with E-state index in [0.717, 1.165) is 16.7 Å². The summed E-state index contributed by atoms with van der Waals surface area (Å²) in [6, 6.07) is 11.0. The number of carbonyl (C=O) groups is 1. The van der Waals surface area contributed by atoms with Gasteiger partial charge in [-0.15, -0.1) is 11.3 Å². The Morgan fingerprint density at radius 1 is 1.24 bits per heavy atom. The highest BCUT2D eigenvalue weighted by atomic mass is 32.1. The summed E-state index contributed by atoms with van der Waals surface area (Å²) in [5.41, 5.74) is 1.67. The first kappa shape index (κ1) is 16.9. The summed E-state index contributed by atoms with van der Waals surface area (Å²) in [4.78, 5) is 34.1. The van der Waals surface area contributed by atoms with Crippen LogP contribution in [0.1, 0.15) is 28.4 Å². The molecule has 2 aromatic heterocycles. The Morgan fingerprint density at radius 3 is 2.68 bits per heavy atom. The Bertz CT molecular complexity index is 902. The van der Waals surface area contributed by atoms with Gasteiger partial charge in [0.15, 0.2) is 5.13 Å². The van der Waals surface area contributed by atoms with Crippen molar-refractivity contribution in [2.24, 2.45) is 0 Å². The SMILES string of the molecule is CCc1ccc(COn2cccc(C(=O)Nc3nccs3)c2=O)cc1. The molecule has 0 saturated heterocycles. The zero-order valence-electron chi connectivity index (χ0n) is 13.6. The van der Waals surface area contributed by atoms with E-state index in [1.165, 1.54) is 29.2 Å². The standard InChI is InChI=1S/C18H17N3O3S/c1-2-13-5-7-14(8-6-13)12-24-21-10-3-4-15(17(21)23)16(22)20-18-19-9-11-25-18/h3-11H,2,12H2,1H3,(H,19,20,22). The Balaban J connectivity index is 1.71. The average molecular weight is 355 g/mol. The number of thiazole rings is 1. The van der Waals surface area contributed by atoms with Crippen LogP contribution >= 0.6 is 11.3 Å². The highest BCUT2D eigenvalue weighted by molar-refractivity contribution is 7.13. The second-order valence-corrected chi connectivity index (χ2v) is 6.18. The molecule has 0 bridgehead atoms. The van der Waals surface area contributed by atoms with E-state index in [9.17, 15) is 9.59 Å². The first-order valence-electron chi connectivity index (χ1n) is 7.81. The summed E-state index contributed by atoms with van der Waals surface area (Å²) in [5.74, 6) is -0.509. The molecule has 0 spiro atoms. The van der Waals surface area contributed by atoms with E-state index < -0.39 is 11.5 Å². The molecule has 0 saturated carbocycles. The van der Waals surface area contributed by atoms with Crippen molar-refractivity contribution in [1.29, 1.82) is 0 Å². The summed E-state index contributed by atoms with van der Waals surface area (Å²) in [6.07, 6.45) is 4.04. The molecule has 2 heterocycles. The summed E-state index contributed by atoms with van der Waals surface area (Å²) >= 11 is 1.28. The third kappa shape index (κ3) is 4.13. The number of aryl methyl sites for hydroxylation is 1. The molecule has 3 rings (SSSR count). The van der Waals surface area contributed by atoms with Crippen LogP contribution in [0.2, 0.25) is 0 Å². The number of benzene rings is 1. The fourth-order valence-electron chi connectivity index (χ4n) is 2.21. The van der Waals surface area contributed by atoms with E-state index in [0.29, 0.717) is 5.13 Å². The predicted octanol–water partition coefficient (Wildman–Crippen LogP) is 2.75. The summed E-state index contributed by atoms with van der Waals surface area (Å²) < 4.78 is 1.07. The number of hydrogen-bond donors (Lipinski definition) is 1. The fourth-order valence-corrected chi connectivity index (χ4v) is 2.74. The van der Waals surface area contributed by atoms with Crippen LogP contribution < -0.4 is 15.7 Å². The van der Waals surface area contributed by atoms with Crippen molar-refractivity contribution in [2.75, 3.05) is 5.32 Å². The van der Waals surface area contributed by atoms with Crippen molar-refractivity contribution >= 4 is 22.4 Å². The predicted molar refractivity (Wildman–Crippen MR) is 96.9 cm³/mol. The number of hydrogen-bond acceptors (Lipinski definition) is 5. The molecule has 25 heavy (non-hydrogen) atoms. The van der Waals surface area contributed by atoms with Gasteiger partial charge < -0.3 is 4.84 Å². The molecular weight excluding hydrogens is 338 g/mol. The van der Waals surface area contributed by atoms with Crippen LogP contribution in [0.15, 0.2) is 59.0 Å². The number of carbonyl (C=O) groups excluding carboxylic acids is 1. The second kappa shape index (κ2) is 7.76. The normalized spacial score (nSPS) is 10.4. The zero-order valence-corrected chi connectivity index (χ0v) is 14.5. The molecule has 0 atom stereocenters. The van der Waals surface area contributed by atoms with Crippen LogP contribution in [-0.4, -0.2) is 15.6 Å². The molecule has 128 valence electrons. The van der Waals surface area contributed by atoms with Gasteiger partial charge in [0.2, 0.25) is 0 Å². The van der Waals surface area contributed by atoms with Gasteiger partial charge in [-0.1, -0.05) is 31.2 Å². The van der Waals surface area contributed by atoms with Crippen LogP contribution in [0.5, 0.6) is 0 Å². The molecule has 0 aliphatic rings. The fraction of sp³-hybridized carbons (Fsp3) is 0.167. The lowest BCUT2D eigenvalue weighted by molar-refractivity contribution is 0.0863. The minimum Gasteiger partial charge on any atom is -0.406 e. The smallest absolute Gasteiger partial charge is 0.295 e. The van der Waals surface area contributed by atoms with E-state index in [1.807, 2.05) is 24.3 Å². The Morgan fingerprint density at radius 2 is 2.00 bits per heavy atom. The Kier molecular flexibility index (Phi) is 5.25. The van der Waals surface area contributed by atoms with Crippen LogP contribution in [0.3, 0.4) is 0 Å². The molecule has 0 radical (unpaired) electrons. The molecule has 1 N–H and O–H groups in total. The number of amides is 1. The lowest BCUT2D eigenvalue weighted by atomic mass is 10.1. The number of pyridine rings is 1. The molecule has 0 unspecified atom stereocenters. The Labute approximate surface area is 148 Å². The van der Waals surface area contributed by atoms with Gasteiger partial charge in [0.1, 0.15) is 12.2 Å². The maximum absolute atomic E-state index is 12.4. The van der Waals surface area contributed by atoms with E-state index in [1.54, 1.807) is 17.6 Å². The molecule has 0 fully saturated rings. The van der Waals surface area contributed by atoms with Gasteiger partial charge in [0, 0.05) is 17.8 Å². The summed E-state index contributed by atoms with van der Waals surface area (Å²) in [7, 11) is 0. The molecule has 1 aromatic carbocycles. The number of nitrogens with one attached hydrogen (secondary N) is 1. The lowest BCUT2D eigenvalue weighted by Gasteiger charge is -2.10. The average Bonchev–Trinajstić information content (AvgIpc) is 3.14. The van der Waals surface area contributed by atoms with Gasteiger partial charge in [0.25, 0.3) is 11.5 Å². The molecular formula is C18H17N3O3S. The van der Waals surface area contributed by atoms with Crippen molar-refractivity contribution in [3.63, 3.8) is 0 Å². The van der Waals surface area contributed by atoms with Gasteiger partial charge in [-0.05, 0) is 29.7 Å². The molecule has 0 aliphatic carbocycles. The van der Waals surface area contributed by atoms with Crippen LogP contribution in [0.25, 0.3) is 0 Å². The number of rotatable bonds is 6. The van der Waals surface area contributed by atoms with E-state index >= 15 is 0 Å². The monoisotopic (exact) mass is 355 g/mol. The summed E-state index contributed by atoms with van der Waals surface area (Å²) in [5, 5.41) is 4.78. The van der Waals surface area contributed by atoms with E-state index in [2.05, 4.69) is 17.2 Å². The van der Waals surface area contributed by atoms with E-state index in [4.69, 9.17) is 4.84 Å². The quantitative estimate of drug-likeness (QED) is 0.738. The number of nitrogens with zero attached hydrogens (tertiary/aromatic N) is 2. The van der Waals surface area contributed by atoms with E-state index in [-0.39, 0.29) is 12.2 Å². The third-order valence-corrected chi connectivity index (χ3v) is 4.30. The van der Waals surface area contributed by atoms with Gasteiger partial charge in [0.05, 0.1) is 0 Å². The third-order valence-electron chi connectivity index (χ3n) is 3.61. The maximum Gasteiger partial charge on any atom is 0.295 e. The molecule has 6 nitrogen and oxygen atoms in total. The summed E-state index contributed by atoms with van der Waals surface area (Å²) in [6.45, 7) is 2.33. The van der Waals surface area contributed by atoms with Gasteiger partial charge in [-0.25, -0.2) is 4.98 Å². The Hall–Kier alpha value is -2.93. The largest absolute Gasteiger partial charge is 0.406 e. The number of aromatic nitrogens is 2. The molecule has 1 amide bonds. The second-order valence-electron chi connectivity index (χ2n) is 5.29.